The van der Waals surface area contributed by atoms with Gasteiger partial charge in [-0.2, -0.15) is 4.39 Å². The molecule has 3 aromatic rings. The van der Waals surface area contributed by atoms with E-state index in [9.17, 15) is 19.1 Å². The van der Waals surface area contributed by atoms with Crippen LogP contribution in [0, 0.1) is 23.5 Å². The van der Waals surface area contributed by atoms with Crippen LogP contribution in [-0.4, -0.2) is 40.4 Å². The second kappa shape index (κ2) is 7.58. The third-order valence-electron chi connectivity index (χ3n) is 6.89. The van der Waals surface area contributed by atoms with Crippen molar-refractivity contribution < 1.29 is 23.4 Å². The maximum Gasteiger partial charge on any atom is 0.277 e. The van der Waals surface area contributed by atoms with E-state index >= 15 is 4.39 Å². The van der Waals surface area contributed by atoms with Gasteiger partial charge in [-0.05, 0) is 36.0 Å². The minimum Gasteiger partial charge on any atom is -0.502 e. The predicted octanol–water partition coefficient (Wildman–Crippen LogP) is 3.00. The van der Waals surface area contributed by atoms with Gasteiger partial charge in [0.15, 0.2) is 23.0 Å². The summed E-state index contributed by atoms with van der Waals surface area (Å²) in [5.41, 5.74) is 0.299. The summed E-state index contributed by atoms with van der Waals surface area (Å²) in [6, 6.07) is 12.2. The molecule has 3 atom stereocenters. The number of fused-ring (bicyclic) bond motifs is 6. The lowest BCUT2D eigenvalue weighted by molar-refractivity contribution is 0.0667. The molecule has 6 rings (SSSR count). The standard InChI is InChI=1S/C25H21F2N3O4/c26-18-7-6-17-21(14-4-2-1-3-5-14)30-13-28(11-15-10-16(15)12-34-24(17)20(18)27)25(33)22-23(32)19(31)8-9-29(22)30/h1-9,15-16,21,32H,10-13H2/t15-,16-,21+/m1/s1. The summed E-state index contributed by atoms with van der Waals surface area (Å²) < 4.78 is 36.7. The van der Waals surface area contributed by atoms with Crippen molar-refractivity contribution in [2.45, 2.75) is 12.5 Å². The Hall–Kier alpha value is -3.88. The van der Waals surface area contributed by atoms with Crippen LogP contribution in [0.2, 0.25) is 0 Å². The number of pyridine rings is 1. The molecular formula is C25H21F2N3O4. The number of benzene rings is 2. The molecule has 2 bridgehead atoms. The highest BCUT2D eigenvalue weighted by molar-refractivity contribution is 5.96. The number of hydrogen-bond donors (Lipinski definition) is 1. The summed E-state index contributed by atoms with van der Waals surface area (Å²) in [7, 11) is 0. The number of carbonyl (C=O) groups excluding carboxylic acids is 1. The van der Waals surface area contributed by atoms with Gasteiger partial charge in [0, 0.05) is 24.4 Å². The van der Waals surface area contributed by atoms with Crippen molar-refractivity contribution in [1.29, 1.82) is 0 Å². The molecule has 3 heterocycles. The molecule has 1 N–H and O–H groups in total. The van der Waals surface area contributed by atoms with Crippen LogP contribution in [0.25, 0.3) is 0 Å². The van der Waals surface area contributed by atoms with Crippen LogP contribution >= 0.6 is 0 Å². The molecule has 34 heavy (non-hydrogen) atoms. The van der Waals surface area contributed by atoms with Crippen molar-refractivity contribution in [1.82, 2.24) is 9.58 Å². The van der Waals surface area contributed by atoms with Gasteiger partial charge in [0.1, 0.15) is 12.7 Å². The summed E-state index contributed by atoms with van der Waals surface area (Å²) in [5, 5.41) is 12.3. The van der Waals surface area contributed by atoms with E-state index in [4.69, 9.17) is 4.74 Å². The molecule has 174 valence electrons. The minimum absolute atomic E-state index is 0.0959. The van der Waals surface area contributed by atoms with Crippen LogP contribution in [0.3, 0.4) is 0 Å². The largest absolute Gasteiger partial charge is 0.502 e. The first-order valence-corrected chi connectivity index (χ1v) is 11.1. The number of ether oxygens (including phenoxy) is 1. The molecule has 0 saturated heterocycles. The van der Waals surface area contributed by atoms with E-state index in [0.717, 1.165) is 18.1 Å². The Kier molecular flexibility index (Phi) is 4.62. The maximum absolute atomic E-state index is 15.1. The Morgan fingerprint density at radius 1 is 1.00 bits per heavy atom. The molecule has 1 fully saturated rings. The second-order valence-electron chi connectivity index (χ2n) is 8.99. The van der Waals surface area contributed by atoms with Crippen LogP contribution in [-0.2, 0) is 0 Å². The van der Waals surface area contributed by atoms with Crippen molar-refractivity contribution in [3.63, 3.8) is 0 Å². The van der Waals surface area contributed by atoms with Gasteiger partial charge in [-0.25, -0.2) is 4.39 Å². The van der Waals surface area contributed by atoms with Crippen molar-refractivity contribution in [3.05, 3.63) is 93.4 Å². The van der Waals surface area contributed by atoms with E-state index in [1.807, 2.05) is 30.3 Å². The number of hydrogen-bond acceptors (Lipinski definition) is 5. The van der Waals surface area contributed by atoms with Gasteiger partial charge in [-0.3, -0.25) is 19.3 Å². The fourth-order valence-corrected chi connectivity index (χ4v) is 5.00. The first kappa shape index (κ1) is 20.7. The Labute approximate surface area is 193 Å². The summed E-state index contributed by atoms with van der Waals surface area (Å²) in [5.74, 6) is -3.11. The van der Waals surface area contributed by atoms with Gasteiger partial charge >= 0.3 is 0 Å². The van der Waals surface area contributed by atoms with Crippen LogP contribution in [0.15, 0.2) is 59.5 Å². The Bertz CT molecular complexity index is 1360. The lowest BCUT2D eigenvalue weighted by atomic mass is 9.96. The van der Waals surface area contributed by atoms with E-state index in [0.29, 0.717) is 12.1 Å². The van der Waals surface area contributed by atoms with Gasteiger partial charge in [-0.15, -0.1) is 0 Å². The molecule has 0 unspecified atom stereocenters. The van der Waals surface area contributed by atoms with E-state index in [1.165, 1.54) is 23.0 Å². The third-order valence-corrected chi connectivity index (χ3v) is 6.89. The van der Waals surface area contributed by atoms with Gasteiger partial charge in [0.25, 0.3) is 5.91 Å². The molecule has 7 nitrogen and oxygen atoms in total. The molecule has 1 aromatic heterocycles. The normalized spacial score (nSPS) is 23.2. The highest BCUT2D eigenvalue weighted by Gasteiger charge is 2.45. The van der Waals surface area contributed by atoms with Crippen molar-refractivity contribution in [2.75, 3.05) is 24.8 Å². The summed E-state index contributed by atoms with van der Waals surface area (Å²) in [4.78, 5) is 27.2. The molecule has 0 spiro atoms. The Morgan fingerprint density at radius 2 is 1.79 bits per heavy atom. The van der Waals surface area contributed by atoms with E-state index < -0.39 is 34.8 Å². The highest BCUT2D eigenvalue weighted by atomic mass is 19.2. The first-order valence-electron chi connectivity index (χ1n) is 11.1. The van der Waals surface area contributed by atoms with Crippen LogP contribution in [0.4, 0.5) is 8.78 Å². The molecule has 9 heteroatoms. The van der Waals surface area contributed by atoms with E-state index in [2.05, 4.69) is 0 Å². The molecule has 2 aromatic carbocycles. The zero-order valence-corrected chi connectivity index (χ0v) is 18.0. The third kappa shape index (κ3) is 3.14. The summed E-state index contributed by atoms with van der Waals surface area (Å²) >= 11 is 0. The average Bonchev–Trinajstić information content (AvgIpc) is 3.58. The minimum atomic E-state index is -1.07. The number of aromatic hydroxyl groups is 1. The molecule has 1 amide bonds. The molecule has 1 aliphatic carbocycles. The smallest absolute Gasteiger partial charge is 0.277 e. The molecular weight excluding hydrogens is 444 g/mol. The first-order chi connectivity index (χ1) is 16.4. The van der Waals surface area contributed by atoms with Crippen molar-refractivity contribution >= 4 is 5.91 Å². The van der Waals surface area contributed by atoms with Gasteiger partial charge < -0.3 is 14.7 Å². The fraction of sp³-hybridized carbons (Fsp3) is 0.280. The fourth-order valence-electron chi connectivity index (χ4n) is 5.00. The summed E-state index contributed by atoms with van der Waals surface area (Å²) in [6.45, 7) is 0.730. The number of amides is 1. The number of aromatic nitrogens is 1. The predicted molar refractivity (Wildman–Crippen MR) is 118 cm³/mol. The van der Waals surface area contributed by atoms with E-state index in [1.54, 1.807) is 9.91 Å². The van der Waals surface area contributed by atoms with Gasteiger partial charge in [0.2, 0.25) is 11.2 Å². The number of carbonyl (C=O) groups is 1. The number of nitrogens with zero attached hydrogens (tertiary/aromatic N) is 3. The quantitative estimate of drug-likeness (QED) is 0.598. The zero-order chi connectivity index (χ0) is 23.6. The topological polar surface area (TPSA) is 75.0 Å². The number of rotatable bonds is 1. The van der Waals surface area contributed by atoms with Gasteiger partial charge in [-0.1, -0.05) is 30.3 Å². The van der Waals surface area contributed by atoms with Crippen LogP contribution in [0.1, 0.15) is 34.1 Å². The average molecular weight is 465 g/mol. The number of halogens is 2. The van der Waals surface area contributed by atoms with Crippen molar-refractivity contribution in [2.24, 2.45) is 11.8 Å². The van der Waals surface area contributed by atoms with Crippen molar-refractivity contribution in [3.8, 4) is 11.5 Å². The Balaban J connectivity index is 1.64. The zero-order valence-electron chi connectivity index (χ0n) is 18.0. The molecule has 3 aliphatic rings. The Morgan fingerprint density at radius 3 is 2.59 bits per heavy atom. The highest BCUT2D eigenvalue weighted by Crippen LogP contribution is 2.44. The van der Waals surface area contributed by atoms with Crippen LogP contribution in [0.5, 0.6) is 11.5 Å². The molecule has 2 aliphatic heterocycles. The lowest BCUT2D eigenvalue weighted by Crippen LogP contribution is -2.56. The second-order valence-corrected chi connectivity index (χ2v) is 8.99. The monoisotopic (exact) mass is 465 g/mol. The molecule has 1 saturated carbocycles. The van der Waals surface area contributed by atoms with Gasteiger partial charge in [0.05, 0.1) is 6.61 Å². The summed E-state index contributed by atoms with van der Waals surface area (Å²) in [6.07, 6.45) is 2.20. The van der Waals surface area contributed by atoms with E-state index in [-0.39, 0.29) is 36.6 Å². The van der Waals surface area contributed by atoms with Crippen LogP contribution < -0.4 is 15.2 Å². The SMILES string of the molecule is O=C1c2c(O)c(=O)ccn2N2CN1C[C@H]1C[C@@H]1COc1c(ccc(F)c1F)[C@@H]2c1ccccc1. The molecule has 0 radical (unpaired) electrons. The maximum atomic E-state index is 15.1. The lowest BCUT2D eigenvalue weighted by Gasteiger charge is -2.44.